The zero-order valence-corrected chi connectivity index (χ0v) is 17.8. The van der Waals surface area contributed by atoms with E-state index in [1.807, 2.05) is 25.5 Å². The van der Waals surface area contributed by atoms with Crippen molar-refractivity contribution in [3.05, 3.63) is 35.9 Å². The molecule has 1 saturated carbocycles. The van der Waals surface area contributed by atoms with Crippen LogP contribution in [0, 0.1) is 13.8 Å². The molecule has 0 spiro atoms. The lowest BCUT2D eigenvalue weighted by Gasteiger charge is -2.35. The number of piperidine rings is 1. The van der Waals surface area contributed by atoms with Gasteiger partial charge in [0.05, 0.1) is 24.1 Å². The first-order valence-electron chi connectivity index (χ1n) is 10.7. The molecular weight excluding hydrogens is 362 g/mol. The summed E-state index contributed by atoms with van der Waals surface area (Å²) < 4.78 is 5.85. The topological polar surface area (TPSA) is 63.5 Å². The Balaban J connectivity index is 1.58. The van der Waals surface area contributed by atoms with E-state index in [0.717, 1.165) is 47.8 Å². The third kappa shape index (κ3) is 4.64. The average molecular weight is 394 g/mol. The molecular formula is C23H31N5O. The minimum Gasteiger partial charge on any atom is -0.374 e. The molecule has 0 radical (unpaired) electrons. The summed E-state index contributed by atoms with van der Waals surface area (Å²) in [7, 11) is 1.79. The maximum absolute atomic E-state index is 5.85. The molecule has 0 aromatic carbocycles. The van der Waals surface area contributed by atoms with E-state index in [4.69, 9.17) is 14.7 Å². The fourth-order valence-electron chi connectivity index (χ4n) is 4.34. The molecule has 0 bridgehead atoms. The lowest BCUT2D eigenvalue weighted by molar-refractivity contribution is 0.152. The third-order valence-electron chi connectivity index (χ3n) is 5.96. The smallest absolute Gasteiger partial charge is 0.138 e. The fraction of sp³-hybridized carbons (Fsp3) is 0.565. The number of pyridine rings is 1. The van der Waals surface area contributed by atoms with Gasteiger partial charge in [0.1, 0.15) is 11.9 Å². The molecule has 1 aliphatic heterocycles. The van der Waals surface area contributed by atoms with Gasteiger partial charge in [-0.2, -0.15) is 0 Å². The molecule has 6 heteroatoms. The van der Waals surface area contributed by atoms with Gasteiger partial charge >= 0.3 is 0 Å². The van der Waals surface area contributed by atoms with Gasteiger partial charge in [0.2, 0.25) is 0 Å². The van der Waals surface area contributed by atoms with E-state index in [2.05, 4.69) is 27.9 Å². The summed E-state index contributed by atoms with van der Waals surface area (Å²) in [5, 5.41) is 0. The SMILES string of the molecule is COC1CN(c2ncc(C)cc2-c2cnc(C)cn2)CCC1=NC1CCCCC1. The Kier molecular flexibility index (Phi) is 6.19. The average Bonchev–Trinajstić information content (AvgIpc) is 2.75. The van der Waals surface area contributed by atoms with Crippen molar-refractivity contribution in [1.82, 2.24) is 15.0 Å². The predicted octanol–water partition coefficient (Wildman–Crippen LogP) is 4.15. The molecule has 3 heterocycles. The van der Waals surface area contributed by atoms with Gasteiger partial charge < -0.3 is 9.64 Å². The Morgan fingerprint density at radius 2 is 1.86 bits per heavy atom. The van der Waals surface area contributed by atoms with Gasteiger partial charge in [-0.05, 0) is 38.3 Å². The zero-order chi connectivity index (χ0) is 20.2. The maximum atomic E-state index is 5.85. The minimum atomic E-state index is 0.0192. The van der Waals surface area contributed by atoms with E-state index in [1.165, 1.54) is 37.8 Å². The van der Waals surface area contributed by atoms with Crippen molar-refractivity contribution in [3.63, 3.8) is 0 Å². The minimum absolute atomic E-state index is 0.0192. The normalized spacial score (nSPS) is 22.2. The second-order valence-corrected chi connectivity index (χ2v) is 8.26. The molecule has 4 rings (SSSR count). The van der Waals surface area contributed by atoms with E-state index >= 15 is 0 Å². The van der Waals surface area contributed by atoms with E-state index in [-0.39, 0.29) is 6.10 Å². The van der Waals surface area contributed by atoms with Crippen molar-refractivity contribution in [2.24, 2.45) is 4.99 Å². The number of ether oxygens (including phenoxy) is 1. The standard InChI is InChI=1S/C23H31N5O/c1-16-11-19(21-14-24-17(2)13-25-21)23(26-12-16)28-10-9-20(22(15-28)29-3)27-18-7-5-4-6-8-18/h11-14,18,22H,4-10,15H2,1-3H3. The molecule has 1 atom stereocenters. The second-order valence-electron chi connectivity index (χ2n) is 8.26. The highest BCUT2D eigenvalue weighted by Gasteiger charge is 2.29. The van der Waals surface area contributed by atoms with E-state index < -0.39 is 0 Å². The highest BCUT2D eigenvalue weighted by Crippen LogP contribution is 2.31. The number of nitrogens with zero attached hydrogens (tertiary/aromatic N) is 5. The van der Waals surface area contributed by atoms with Gasteiger partial charge in [0, 0.05) is 49.8 Å². The highest BCUT2D eigenvalue weighted by molar-refractivity contribution is 5.91. The first kappa shape index (κ1) is 20.0. The van der Waals surface area contributed by atoms with Gasteiger partial charge in [-0.15, -0.1) is 0 Å². The first-order valence-corrected chi connectivity index (χ1v) is 10.7. The maximum Gasteiger partial charge on any atom is 0.138 e. The van der Waals surface area contributed by atoms with Crippen molar-refractivity contribution in [3.8, 4) is 11.3 Å². The summed E-state index contributed by atoms with van der Waals surface area (Å²) in [5.74, 6) is 0.951. The highest BCUT2D eigenvalue weighted by atomic mass is 16.5. The summed E-state index contributed by atoms with van der Waals surface area (Å²) in [6.07, 6.45) is 12.9. The molecule has 29 heavy (non-hydrogen) atoms. The van der Waals surface area contributed by atoms with Crippen LogP contribution >= 0.6 is 0 Å². The molecule has 1 unspecified atom stereocenters. The number of aromatic nitrogens is 3. The van der Waals surface area contributed by atoms with Crippen LogP contribution in [-0.4, -0.2) is 53.0 Å². The largest absolute Gasteiger partial charge is 0.374 e. The van der Waals surface area contributed by atoms with Crippen LogP contribution in [-0.2, 0) is 4.74 Å². The van der Waals surface area contributed by atoms with E-state index in [1.54, 1.807) is 7.11 Å². The van der Waals surface area contributed by atoms with Crippen molar-refractivity contribution in [2.75, 3.05) is 25.1 Å². The molecule has 2 fully saturated rings. The molecule has 154 valence electrons. The number of hydrogen-bond donors (Lipinski definition) is 0. The van der Waals surface area contributed by atoms with Crippen LogP contribution in [0.3, 0.4) is 0 Å². The fourth-order valence-corrected chi connectivity index (χ4v) is 4.34. The number of rotatable bonds is 4. The van der Waals surface area contributed by atoms with Crippen molar-refractivity contribution < 1.29 is 4.74 Å². The van der Waals surface area contributed by atoms with Crippen molar-refractivity contribution in [2.45, 2.75) is 64.5 Å². The molecule has 6 nitrogen and oxygen atoms in total. The Labute approximate surface area is 173 Å². The lowest BCUT2D eigenvalue weighted by atomic mass is 9.95. The Morgan fingerprint density at radius 3 is 2.59 bits per heavy atom. The summed E-state index contributed by atoms with van der Waals surface area (Å²) in [4.78, 5) is 21.2. The van der Waals surface area contributed by atoms with Crippen LogP contribution in [0.4, 0.5) is 5.82 Å². The van der Waals surface area contributed by atoms with Crippen LogP contribution < -0.4 is 4.90 Å². The van der Waals surface area contributed by atoms with Gasteiger partial charge in [0.15, 0.2) is 0 Å². The summed E-state index contributed by atoms with van der Waals surface area (Å²) in [6, 6.07) is 2.63. The van der Waals surface area contributed by atoms with Crippen LogP contribution in [0.15, 0.2) is 29.6 Å². The lowest BCUT2D eigenvalue weighted by Crippen LogP contribution is -2.46. The van der Waals surface area contributed by atoms with Gasteiger partial charge in [-0.25, -0.2) is 4.98 Å². The van der Waals surface area contributed by atoms with Gasteiger partial charge in [-0.3, -0.25) is 15.0 Å². The van der Waals surface area contributed by atoms with E-state index in [9.17, 15) is 0 Å². The van der Waals surface area contributed by atoms with Crippen molar-refractivity contribution in [1.29, 1.82) is 0 Å². The van der Waals surface area contributed by atoms with Crippen LogP contribution in [0.2, 0.25) is 0 Å². The Bertz CT molecular complexity index is 858. The van der Waals surface area contributed by atoms with Crippen LogP contribution in [0.5, 0.6) is 0 Å². The van der Waals surface area contributed by atoms with Gasteiger partial charge in [0.25, 0.3) is 0 Å². The molecule has 1 saturated heterocycles. The number of aryl methyl sites for hydroxylation is 2. The third-order valence-corrected chi connectivity index (χ3v) is 5.96. The Hall–Kier alpha value is -2.34. The summed E-state index contributed by atoms with van der Waals surface area (Å²) in [5.41, 5.74) is 5.14. The molecule has 2 aromatic heterocycles. The van der Waals surface area contributed by atoms with Gasteiger partial charge in [-0.1, -0.05) is 19.3 Å². The van der Waals surface area contributed by atoms with Crippen LogP contribution in [0.1, 0.15) is 49.8 Å². The summed E-state index contributed by atoms with van der Waals surface area (Å²) in [6.45, 7) is 5.68. The molecule has 1 aliphatic carbocycles. The summed E-state index contributed by atoms with van der Waals surface area (Å²) >= 11 is 0. The molecule has 0 amide bonds. The monoisotopic (exact) mass is 393 g/mol. The number of aliphatic imine (C=N–C) groups is 1. The quantitative estimate of drug-likeness (QED) is 0.781. The number of anilines is 1. The van der Waals surface area contributed by atoms with Crippen molar-refractivity contribution >= 4 is 11.5 Å². The molecule has 2 aliphatic rings. The Morgan fingerprint density at radius 1 is 1.03 bits per heavy atom. The molecule has 2 aromatic rings. The van der Waals surface area contributed by atoms with E-state index in [0.29, 0.717) is 6.04 Å². The second kappa shape index (κ2) is 8.99. The molecule has 0 N–H and O–H groups in total. The number of methoxy groups -OCH3 is 1. The number of hydrogen-bond acceptors (Lipinski definition) is 6. The predicted molar refractivity (Wildman–Crippen MR) is 117 cm³/mol. The first-order chi connectivity index (χ1) is 14.1. The van der Waals surface area contributed by atoms with Crippen LogP contribution in [0.25, 0.3) is 11.3 Å². The zero-order valence-electron chi connectivity index (χ0n) is 17.8.